The van der Waals surface area contributed by atoms with E-state index >= 15 is 0 Å². The molecule has 2 rings (SSSR count). The fraction of sp³-hybridized carbons (Fsp3) is 0.143. The maximum atomic E-state index is 12.1. The molecule has 0 saturated carbocycles. The number of phenols is 1. The molecule has 0 heterocycles. The minimum Gasteiger partial charge on any atom is -0.504 e. The van der Waals surface area contributed by atoms with Crippen molar-refractivity contribution in [1.82, 2.24) is 0 Å². The molecule has 0 saturated heterocycles. The van der Waals surface area contributed by atoms with Crippen LogP contribution in [0.3, 0.4) is 0 Å². The molecule has 1 N–H and O–H groups in total. The number of ether oxygens (including phenoxy) is 2. The molecule has 0 unspecified atom stereocenters. The number of aromatic hydroxyl groups is 1. The Balaban J connectivity index is 2.33. The lowest BCUT2D eigenvalue weighted by molar-refractivity contribution is -0.275. The summed E-state index contributed by atoms with van der Waals surface area (Å²) in [4.78, 5) is 0. The SMILES string of the molecule is COc1cccc(-c2ccc(OC(F)(F)F)c(O)c2)c1. The number of methoxy groups -OCH3 is 1. The van der Waals surface area contributed by atoms with E-state index in [0.29, 0.717) is 16.9 Å². The maximum absolute atomic E-state index is 12.1. The van der Waals surface area contributed by atoms with E-state index in [1.807, 2.05) is 0 Å². The average molecular weight is 284 g/mol. The Kier molecular flexibility index (Phi) is 3.74. The molecule has 0 atom stereocenters. The third kappa shape index (κ3) is 3.34. The number of hydrogen-bond acceptors (Lipinski definition) is 3. The molecule has 2 aromatic rings. The van der Waals surface area contributed by atoms with Gasteiger partial charge in [-0.2, -0.15) is 0 Å². The molecule has 6 heteroatoms. The van der Waals surface area contributed by atoms with E-state index in [2.05, 4.69) is 4.74 Å². The summed E-state index contributed by atoms with van der Waals surface area (Å²) in [6.07, 6.45) is -4.84. The molecule has 106 valence electrons. The van der Waals surface area contributed by atoms with Gasteiger partial charge in [-0.15, -0.1) is 13.2 Å². The monoisotopic (exact) mass is 284 g/mol. The molecular formula is C14H11F3O3. The number of phenolic OH excluding ortho intramolecular Hbond substituents is 1. The molecule has 0 bridgehead atoms. The lowest BCUT2D eigenvalue weighted by Gasteiger charge is -2.11. The Morgan fingerprint density at radius 3 is 2.30 bits per heavy atom. The second kappa shape index (κ2) is 5.32. The Hall–Kier alpha value is -2.37. The van der Waals surface area contributed by atoms with Gasteiger partial charge in [-0.3, -0.25) is 0 Å². The van der Waals surface area contributed by atoms with E-state index in [-0.39, 0.29) is 0 Å². The van der Waals surface area contributed by atoms with Gasteiger partial charge in [0.25, 0.3) is 0 Å². The van der Waals surface area contributed by atoms with E-state index in [1.165, 1.54) is 19.2 Å². The van der Waals surface area contributed by atoms with Crippen molar-refractivity contribution in [2.24, 2.45) is 0 Å². The molecule has 0 aliphatic rings. The number of hydrogen-bond donors (Lipinski definition) is 1. The van der Waals surface area contributed by atoms with Gasteiger partial charge in [-0.1, -0.05) is 18.2 Å². The van der Waals surface area contributed by atoms with Crippen LogP contribution >= 0.6 is 0 Å². The zero-order valence-corrected chi connectivity index (χ0v) is 10.4. The van der Waals surface area contributed by atoms with Crippen molar-refractivity contribution in [2.45, 2.75) is 6.36 Å². The predicted octanol–water partition coefficient (Wildman–Crippen LogP) is 3.97. The fourth-order valence-electron chi connectivity index (χ4n) is 1.71. The normalized spacial score (nSPS) is 11.2. The van der Waals surface area contributed by atoms with Crippen LogP contribution in [0.4, 0.5) is 13.2 Å². The van der Waals surface area contributed by atoms with Gasteiger partial charge in [0.2, 0.25) is 0 Å². The van der Waals surface area contributed by atoms with Crippen LogP contribution in [0.2, 0.25) is 0 Å². The molecule has 20 heavy (non-hydrogen) atoms. The van der Waals surface area contributed by atoms with Crippen LogP contribution in [0.15, 0.2) is 42.5 Å². The van der Waals surface area contributed by atoms with Crippen molar-refractivity contribution < 1.29 is 27.8 Å². The van der Waals surface area contributed by atoms with E-state index in [9.17, 15) is 18.3 Å². The van der Waals surface area contributed by atoms with Crippen LogP contribution < -0.4 is 9.47 Å². The second-order valence-corrected chi connectivity index (χ2v) is 3.96. The van der Waals surface area contributed by atoms with Crippen molar-refractivity contribution >= 4 is 0 Å². The van der Waals surface area contributed by atoms with Crippen LogP contribution in [0.1, 0.15) is 0 Å². The molecule has 0 radical (unpaired) electrons. The molecule has 3 nitrogen and oxygen atoms in total. The topological polar surface area (TPSA) is 38.7 Å². The first-order valence-electron chi connectivity index (χ1n) is 5.62. The summed E-state index contributed by atoms with van der Waals surface area (Å²) in [6, 6.07) is 10.6. The quantitative estimate of drug-likeness (QED) is 0.927. The van der Waals surface area contributed by atoms with Gasteiger partial charge in [0.1, 0.15) is 5.75 Å². The first kappa shape index (κ1) is 14.0. The van der Waals surface area contributed by atoms with Crippen LogP contribution in [-0.4, -0.2) is 18.6 Å². The third-order valence-electron chi connectivity index (χ3n) is 2.59. The lowest BCUT2D eigenvalue weighted by atomic mass is 10.0. The summed E-state index contributed by atoms with van der Waals surface area (Å²) in [7, 11) is 1.51. The number of rotatable bonds is 3. The highest BCUT2D eigenvalue weighted by Crippen LogP contribution is 2.35. The fourth-order valence-corrected chi connectivity index (χ4v) is 1.71. The molecule has 0 aliphatic heterocycles. The smallest absolute Gasteiger partial charge is 0.504 e. The van der Waals surface area contributed by atoms with Gasteiger partial charge in [-0.05, 0) is 35.4 Å². The zero-order valence-electron chi connectivity index (χ0n) is 10.4. The van der Waals surface area contributed by atoms with Crippen molar-refractivity contribution in [1.29, 1.82) is 0 Å². The minimum absolute atomic E-state index is 0.552. The molecule has 2 aromatic carbocycles. The minimum atomic E-state index is -4.84. The van der Waals surface area contributed by atoms with Gasteiger partial charge < -0.3 is 14.6 Å². The molecular weight excluding hydrogens is 273 g/mol. The average Bonchev–Trinajstić information content (AvgIpc) is 2.40. The molecule has 0 aliphatic carbocycles. The highest BCUT2D eigenvalue weighted by atomic mass is 19.4. The Labute approximate surface area is 113 Å². The molecule has 0 spiro atoms. The van der Waals surface area contributed by atoms with Gasteiger partial charge in [0.05, 0.1) is 7.11 Å². The van der Waals surface area contributed by atoms with Crippen LogP contribution in [-0.2, 0) is 0 Å². The number of alkyl halides is 3. The molecule has 0 amide bonds. The lowest BCUT2D eigenvalue weighted by Crippen LogP contribution is -2.17. The van der Waals surface area contributed by atoms with Crippen molar-refractivity contribution in [2.75, 3.05) is 7.11 Å². The summed E-state index contributed by atoms with van der Waals surface area (Å²) < 4.78 is 45.0. The van der Waals surface area contributed by atoms with E-state index < -0.39 is 17.9 Å². The van der Waals surface area contributed by atoms with E-state index in [0.717, 1.165) is 6.07 Å². The highest BCUT2D eigenvalue weighted by Gasteiger charge is 2.32. The van der Waals surface area contributed by atoms with E-state index in [1.54, 1.807) is 24.3 Å². The van der Waals surface area contributed by atoms with Crippen LogP contribution in [0.5, 0.6) is 17.2 Å². The van der Waals surface area contributed by atoms with Gasteiger partial charge in [0, 0.05) is 0 Å². The first-order valence-corrected chi connectivity index (χ1v) is 5.62. The second-order valence-electron chi connectivity index (χ2n) is 3.96. The first-order chi connectivity index (χ1) is 9.39. The van der Waals surface area contributed by atoms with Crippen molar-refractivity contribution in [3.63, 3.8) is 0 Å². The Morgan fingerprint density at radius 2 is 1.70 bits per heavy atom. The van der Waals surface area contributed by atoms with Crippen LogP contribution in [0.25, 0.3) is 11.1 Å². The highest BCUT2D eigenvalue weighted by molar-refractivity contribution is 5.68. The summed E-state index contributed by atoms with van der Waals surface area (Å²) in [5.74, 6) is -0.607. The molecule has 0 fully saturated rings. The summed E-state index contributed by atoms with van der Waals surface area (Å²) in [6.45, 7) is 0. The van der Waals surface area contributed by atoms with E-state index in [4.69, 9.17) is 4.74 Å². The Bertz CT molecular complexity index is 609. The Morgan fingerprint density at radius 1 is 1.00 bits per heavy atom. The van der Waals surface area contributed by atoms with Gasteiger partial charge in [-0.25, -0.2) is 0 Å². The summed E-state index contributed by atoms with van der Waals surface area (Å²) in [5, 5.41) is 9.59. The standard InChI is InChI=1S/C14H11F3O3/c1-19-11-4-2-3-9(7-11)10-5-6-13(12(18)8-10)20-14(15,16)17/h2-8,18H,1H3. The van der Waals surface area contributed by atoms with Crippen molar-refractivity contribution in [3.8, 4) is 28.4 Å². The number of benzene rings is 2. The van der Waals surface area contributed by atoms with Gasteiger partial charge >= 0.3 is 6.36 Å². The van der Waals surface area contributed by atoms with Crippen molar-refractivity contribution in [3.05, 3.63) is 42.5 Å². The summed E-state index contributed by atoms with van der Waals surface area (Å²) >= 11 is 0. The largest absolute Gasteiger partial charge is 0.573 e. The third-order valence-corrected chi connectivity index (χ3v) is 2.59. The number of halogens is 3. The predicted molar refractivity (Wildman–Crippen MR) is 66.8 cm³/mol. The summed E-state index contributed by atoms with van der Waals surface area (Å²) in [5.41, 5.74) is 1.26. The maximum Gasteiger partial charge on any atom is 0.573 e. The van der Waals surface area contributed by atoms with Crippen LogP contribution in [0, 0.1) is 0 Å². The van der Waals surface area contributed by atoms with Gasteiger partial charge in [0.15, 0.2) is 11.5 Å². The molecule has 0 aromatic heterocycles. The zero-order chi connectivity index (χ0) is 14.8.